The van der Waals surface area contributed by atoms with Crippen molar-refractivity contribution in [2.45, 2.75) is 112 Å². The van der Waals surface area contributed by atoms with E-state index in [1.54, 1.807) is 31.2 Å². The predicted molar refractivity (Wildman–Crippen MR) is 181 cm³/mol. The number of para-hydroxylation sites is 1. The summed E-state index contributed by atoms with van der Waals surface area (Å²) < 4.78 is 23.5. The molecule has 51 heavy (non-hydrogen) atoms. The van der Waals surface area contributed by atoms with Crippen molar-refractivity contribution in [1.82, 2.24) is 10.3 Å². The molecule has 3 fully saturated rings. The van der Waals surface area contributed by atoms with Crippen LogP contribution >= 0.6 is 0 Å². The highest BCUT2D eigenvalue weighted by Crippen LogP contribution is 2.32. The van der Waals surface area contributed by atoms with Gasteiger partial charge in [0.1, 0.15) is 48.8 Å². The summed E-state index contributed by atoms with van der Waals surface area (Å²) in [7, 11) is 0. The van der Waals surface area contributed by atoms with Crippen LogP contribution in [-0.2, 0) is 18.9 Å². The Balaban J connectivity index is 1.15. The number of ether oxygens (including phenoxy) is 4. The lowest BCUT2D eigenvalue weighted by Gasteiger charge is -2.48. The van der Waals surface area contributed by atoms with E-state index in [0.717, 1.165) is 5.56 Å². The molecule has 0 radical (unpaired) electrons. The molecular weight excluding hydrogens is 666 g/mol. The van der Waals surface area contributed by atoms with E-state index in [-0.39, 0.29) is 13.0 Å². The topological polar surface area (TPSA) is 278 Å². The van der Waals surface area contributed by atoms with E-state index in [0.29, 0.717) is 28.6 Å². The molecule has 6 rings (SSSR count). The van der Waals surface area contributed by atoms with E-state index < -0.39 is 97.7 Å². The number of amides is 1. The first kappa shape index (κ1) is 37.6. The first-order valence-corrected chi connectivity index (χ1v) is 17.1. The molecule has 7 unspecified atom stereocenters. The number of nitrogens with one attached hydrogen (secondary N) is 1. The van der Waals surface area contributed by atoms with Crippen LogP contribution in [0, 0.1) is 0 Å². The number of carbonyl (C=O) groups excluding carboxylic acids is 1. The van der Waals surface area contributed by atoms with E-state index in [4.69, 9.17) is 41.1 Å². The van der Waals surface area contributed by atoms with Crippen molar-refractivity contribution < 1.29 is 54.4 Å². The van der Waals surface area contributed by atoms with Crippen LogP contribution in [0.5, 0.6) is 0 Å². The van der Waals surface area contributed by atoms with Crippen molar-refractivity contribution in [2.24, 2.45) is 17.2 Å². The Kier molecular flexibility index (Phi) is 11.6. The molecule has 0 spiro atoms. The molecule has 16 heteroatoms. The Bertz CT molecular complexity index is 1640. The van der Waals surface area contributed by atoms with Gasteiger partial charge in [-0.25, -0.2) is 4.98 Å². The second-order valence-corrected chi connectivity index (χ2v) is 13.4. The Morgan fingerprint density at radius 3 is 2.06 bits per heavy atom. The van der Waals surface area contributed by atoms with Crippen LogP contribution in [0.25, 0.3) is 22.2 Å². The fourth-order valence-electron chi connectivity index (χ4n) is 6.97. The molecule has 3 aromatic rings. The van der Waals surface area contributed by atoms with Gasteiger partial charge < -0.3 is 72.1 Å². The average Bonchev–Trinajstić information content (AvgIpc) is 3.14. The number of carbonyl (C=O) groups is 1. The van der Waals surface area contributed by atoms with Crippen LogP contribution in [0.4, 0.5) is 0 Å². The monoisotopic (exact) mass is 713 g/mol. The summed E-state index contributed by atoms with van der Waals surface area (Å²) in [5, 5.41) is 68.1. The first-order valence-electron chi connectivity index (χ1n) is 17.1. The third kappa shape index (κ3) is 7.65. The minimum atomic E-state index is -1.77. The second kappa shape index (κ2) is 15.8. The Hall–Kier alpha value is -3.20. The van der Waals surface area contributed by atoms with Crippen LogP contribution in [0.1, 0.15) is 30.1 Å². The number of fused-ring (bicyclic) bond motifs is 1. The van der Waals surface area contributed by atoms with Crippen LogP contribution in [0.2, 0.25) is 0 Å². The van der Waals surface area contributed by atoms with Gasteiger partial charge in [-0.2, -0.15) is 0 Å². The summed E-state index contributed by atoms with van der Waals surface area (Å²) >= 11 is 0. The van der Waals surface area contributed by atoms with Crippen LogP contribution in [0.15, 0.2) is 60.7 Å². The molecule has 1 aromatic heterocycles. The molecule has 2 saturated heterocycles. The molecular formula is C35H47N5O11. The lowest BCUT2D eigenvalue weighted by Crippen LogP contribution is -2.68. The van der Waals surface area contributed by atoms with Gasteiger partial charge >= 0.3 is 0 Å². The maximum atomic E-state index is 13.6. The number of hydrogen-bond acceptors (Lipinski definition) is 15. The van der Waals surface area contributed by atoms with Gasteiger partial charge in [-0.05, 0) is 25.0 Å². The standard InChI is InChI=1S/C35H47N5O11/c1-2-22-25(41)24(38)27(43)34(48-22)50-31-18(36)13-19(37)32(30(31)46)51-35-29(45)28(44)26(42)23(49-35)14-39-33(47)17-12-21(15-8-4-3-5-9-15)40-20-11-7-6-10-16(17)20/h3-12,18-19,22-32,34-35,41-46H,2,13-14,36-38H2,1H3,(H,39,47)/t18?,19?,22-,23?,24-,25?,26-,27-,28+,29?,30-,31-,32?,34?,35-/m1/s1. The third-order valence-corrected chi connectivity index (χ3v) is 9.97. The lowest BCUT2D eigenvalue weighted by atomic mass is 9.84. The van der Waals surface area contributed by atoms with Crippen molar-refractivity contribution >= 4 is 16.8 Å². The van der Waals surface area contributed by atoms with Gasteiger partial charge in [0.2, 0.25) is 0 Å². The second-order valence-electron chi connectivity index (χ2n) is 13.4. The number of benzene rings is 2. The third-order valence-electron chi connectivity index (χ3n) is 9.97. The molecule has 1 saturated carbocycles. The predicted octanol–water partition coefficient (Wildman–Crippen LogP) is -2.19. The zero-order chi connectivity index (χ0) is 36.6. The molecule has 278 valence electrons. The Morgan fingerprint density at radius 1 is 0.784 bits per heavy atom. The summed E-state index contributed by atoms with van der Waals surface area (Å²) in [6, 6.07) is 15.4. The highest BCUT2D eigenvalue weighted by Gasteiger charge is 2.51. The van der Waals surface area contributed by atoms with Gasteiger partial charge in [-0.1, -0.05) is 55.5 Å². The number of aliphatic hydroxyl groups is 6. The van der Waals surface area contributed by atoms with Gasteiger partial charge in [0.05, 0.1) is 35.0 Å². The van der Waals surface area contributed by atoms with E-state index >= 15 is 0 Å². The van der Waals surface area contributed by atoms with Gasteiger partial charge in [-0.15, -0.1) is 0 Å². The van der Waals surface area contributed by atoms with Crippen molar-refractivity contribution in [3.8, 4) is 11.3 Å². The number of nitrogens with zero attached hydrogens (tertiary/aromatic N) is 1. The van der Waals surface area contributed by atoms with Crippen LogP contribution < -0.4 is 22.5 Å². The largest absolute Gasteiger partial charge is 0.389 e. The SMILES string of the molecule is CC[C@H]1OC(O[C@@H]2C(N)CC(N)C(O[C@H]3OC(CNC(=O)c4cc(-c5ccccc5)nc5ccccc45)[C@@H](O)[C@H](O)C3O)[C@@H]2O)[C@H](O)[C@H](N)C1O. The molecule has 1 aliphatic carbocycles. The minimum Gasteiger partial charge on any atom is -0.389 e. The van der Waals surface area contributed by atoms with E-state index in [1.807, 2.05) is 36.4 Å². The summed E-state index contributed by atoms with van der Waals surface area (Å²) in [6.07, 6.45) is -16.2. The van der Waals surface area contributed by atoms with Crippen molar-refractivity contribution in [2.75, 3.05) is 6.54 Å². The quantitative estimate of drug-likeness (QED) is 0.113. The first-order chi connectivity index (χ1) is 24.4. The zero-order valence-corrected chi connectivity index (χ0v) is 28.0. The maximum Gasteiger partial charge on any atom is 0.252 e. The number of aliphatic hydroxyl groups excluding tert-OH is 6. The smallest absolute Gasteiger partial charge is 0.252 e. The maximum absolute atomic E-state index is 13.6. The van der Waals surface area contributed by atoms with E-state index in [1.165, 1.54) is 0 Å². The number of nitrogens with two attached hydrogens (primary N) is 3. The molecule has 2 aliphatic heterocycles. The van der Waals surface area contributed by atoms with Gasteiger partial charge in [0, 0.05) is 29.6 Å². The van der Waals surface area contributed by atoms with Gasteiger partial charge in [0.25, 0.3) is 5.91 Å². The number of aromatic nitrogens is 1. The molecule has 1 amide bonds. The zero-order valence-electron chi connectivity index (χ0n) is 28.0. The molecule has 2 aromatic carbocycles. The Labute approximate surface area is 294 Å². The van der Waals surface area contributed by atoms with Gasteiger partial charge in [0.15, 0.2) is 12.6 Å². The highest BCUT2D eigenvalue weighted by atomic mass is 16.7. The fraction of sp³-hybridized carbons (Fsp3) is 0.543. The normalized spacial score (nSPS) is 38.7. The number of pyridine rings is 1. The summed E-state index contributed by atoms with van der Waals surface area (Å²) in [4.78, 5) is 18.3. The van der Waals surface area contributed by atoms with Crippen molar-refractivity contribution in [1.29, 1.82) is 0 Å². The molecule has 15 atom stereocenters. The summed E-state index contributed by atoms with van der Waals surface area (Å²) in [5.41, 5.74) is 20.9. The van der Waals surface area contributed by atoms with E-state index in [2.05, 4.69) is 5.32 Å². The molecule has 3 aliphatic rings. The molecule has 3 heterocycles. The van der Waals surface area contributed by atoms with Crippen molar-refractivity contribution in [3.63, 3.8) is 0 Å². The average molecular weight is 714 g/mol. The number of hydrogen-bond donors (Lipinski definition) is 10. The molecule has 0 bridgehead atoms. The Morgan fingerprint density at radius 2 is 1.39 bits per heavy atom. The van der Waals surface area contributed by atoms with Crippen molar-refractivity contribution in [3.05, 3.63) is 66.2 Å². The summed E-state index contributed by atoms with van der Waals surface area (Å²) in [5.74, 6) is -0.497. The van der Waals surface area contributed by atoms with Crippen LogP contribution in [-0.4, -0.2) is 140 Å². The molecule has 16 nitrogen and oxygen atoms in total. The van der Waals surface area contributed by atoms with E-state index in [9.17, 15) is 35.4 Å². The minimum absolute atomic E-state index is 0.0689. The van der Waals surface area contributed by atoms with Gasteiger partial charge in [-0.3, -0.25) is 4.79 Å². The number of rotatable bonds is 9. The molecule has 13 N–H and O–H groups in total. The lowest BCUT2D eigenvalue weighted by molar-refractivity contribution is -0.331. The fourth-order valence-corrected chi connectivity index (χ4v) is 6.97. The van der Waals surface area contributed by atoms with Crippen LogP contribution in [0.3, 0.4) is 0 Å². The summed E-state index contributed by atoms with van der Waals surface area (Å²) in [6.45, 7) is 1.47. The highest BCUT2D eigenvalue weighted by molar-refractivity contribution is 6.07.